The van der Waals surface area contributed by atoms with Gasteiger partial charge in [0.25, 0.3) is 0 Å². The second-order valence-corrected chi connectivity index (χ2v) is 11.6. The average molecular weight is 518 g/mol. The molecule has 0 saturated carbocycles. The van der Waals surface area contributed by atoms with Crippen LogP contribution in [0.2, 0.25) is 0 Å². The topological polar surface area (TPSA) is 89.0 Å². The van der Waals surface area contributed by atoms with E-state index in [4.69, 9.17) is 14.5 Å². The Morgan fingerprint density at radius 2 is 1.80 bits per heavy atom. The van der Waals surface area contributed by atoms with Gasteiger partial charge in [-0.25, -0.2) is 13.4 Å². The van der Waals surface area contributed by atoms with Crippen molar-refractivity contribution in [1.82, 2.24) is 9.88 Å². The van der Waals surface area contributed by atoms with E-state index in [0.717, 1.165) is 41.0 Å². The van der Waals surface area contributed by atoms with Gasteiger partial charge in [0.15, 0.2) is 15.0 Å². The molecule has 1 fully saturated rings. The van der Waals surface area contributed by atoms with Crippen LogP contribution in [0, 0.1) is 13.8 Å². The molecule has 1 aromatic heterocycles. The number of hydrogen-bond donors (Lipinski definition) is 0. The number of morpholine rings is 1. The summed E-state index contributed by atoms with van der Waals surface area (Å²) in [5.74, 6) is -0.539. The molecule has 0 bridgehead atoms. The number of methoxy groups -OCH3 is 1. The van der Waals surface area contributed by atoms with Crippen molar-refractivity contribution in [2.75, 3.05) is 57.2 Å². The van der Waals surface area contributed by atoms with Crippen LogP contribution in [-0.2, 0) is 19.4 Å². The summed E-state index contributed by atoms with van der Waals surface area (Å²) >= 11 is 1.44. The van der Waals surface area contributed by atoms with E-state index in [0.29, 0.717) is 37.1 Å². The van der Waals surface area contributed by atoms with E-state index >= 15 is 0 Å². The maximum Gasteiger partial charge on any atom is 0.244 e. The monoisotopic (exact) mass is 517 g/mol. The Morgan fingerprint density at radius 1 is 1.11 bits per heavy atom. The minimum Gasteiger partial charge on any atom is -0.497 e. The third-order valence-corrected chi connectivity index (χ3v) is 8.99. The van der Waals surface area contributed by atoms with Crippen LogP contribution in [0.3, 0.4) is 0 Å². The zero-order valence-electron chi connectivity index (χ0n) is 20.3. The molecule has 0 aliphatic carbocycles. The lowest BCUT2D eigenvalue weighted by Gasteiger charge is -2.27. The van der Waals surface area contributed by atoms with E-state index in [9.17, 15) is 13.2 Å². The van der Waals surface area contributed by atoms with E-state index < -0.39 is 21.5 Å². The van der Waals surface area contributed by atoms with Crippen LogP contribution in [0.4, 0.5) is 5.13 Å². The average Bonchev–Trinajstić information content (AvgIpc) is 3.31. The first-order valence-corrected chi connectivity index (χ1v) is 14.1. The smallest absolute Gasteiger partial charge is 0.244 e. The maximum absolute atomic E-state index is 13.4. The van der Waals surface area contributed by atoms with Gasteiger partial charge in [-0.3, -0.25) is 14.6 Å². The summed E-state index contributed by atoms with van der Waals surface area (Å²) < 4.78 is 37.6. The molecule has 10 heteroatoms. The summed E-state index contributed by atoms with van der Waals surface area (Å²) in [6.45, 7) is 8.34. The predicted molar refractivity (Wildman–Crippen MR) is 138 cm³/mol. The zero-order valence-corrected chi connectivity index (χ0v) is 22.0. The molecule has 1 aliphatic rings. The van der Waals surface area contributed by atoms with Gasteiger partial charge in [-0.15, -0.1) is 0 Å². The molecule has 1 aliphatic heterocycles. The SMILES string of the molecule is COc1ccc(S(=O)(=O)CC(=O)N(CCCN2CCOCC2)c2nc3c(C)ccc(C)c3s2)cc1. The molecular weight excluding hydrogens is 486 g/mol. The van der Waals surface area contributed by atoms with Crippen LogP contribution >= 0.6 is 11.3 Å². The number of aryl methyl sites for hydroxylation is 2. The van der Waals surface area contributed by atoms with Crippen LogP contribution in [0.15, 0.2) is 41.3 Å². The fraction of sp³-hybridized carbons (Fsp3) is 0.440. The molecule has 8 nitrogen and oxygen atoms in total. The standard InChI is InChI=1S/C25H31N3O5S2/c1-18-5-6-19(2)24-23(18)26-25(34-24)28(12-4-11-27-13-15-33-16-14-27)22(29)17-35(30,31)21-9-7-20(32-3)8-10-21/h5-10H,4,11-17H2,1-3H3. The Labute approximate surface area is 210 Å². The number of rotatable bonds is 9. The second kappa shape index (κ2) is 11.0. The predicted octanol–water partition coefficient (Wildman–Crippen LogP) is 3.45. The molecular formula is C25H31N3O5S2. The number of amides is 1. The number of aromatic nitrogens is 1. The lowest BCUT2D eigenvalue weighted by atomic mass is 10.1. The van der Waals surface area contributed by atoms with Crippen LogP contribution in [-0.4, -0.2) is 76.5 Å². The van der Waals surface area contributed by atoms with Crippen LogP contribution in [0.1, 0.15) is 17.5 Å². The Morgan fingerprint density at radius 3 is 2.46 bits per heavy atom. The number of thiazole rings is 1. The first-order valence-electron chi connectivity index (χ1n) is 11.6. The fourth-order valence-corrected chi connectivity index (χ4v) is 6.43. The highest BCUT2D eigenvalue weighted by molar-refractivity contribution is 7.92. The van der Waals surface area contributed by atoms with E-state index in [1.807, 2.05) is 26.0 Å². The van der Waals surface area contributed by atoms with Crippen LogP contribution < -0.4 is 9.64 Å². The summed E-state index contributed by atoms with van der Waals surface area (Å²) in [5, 5.41) is 0.536. The number of fused-ring (bicyclic) bond motifs is 1. The molecule has 0 N–H and O–H groups in total. The molecule has 0 radical (unpaired) electrons. The van der Waals surface area contributed by atoms with Crippen molar-refractivity contribution in [3.8, 4) is 5.75 Å². The normalized spacial score (nSPS) is 14.8. The maximum atomic E-state index is 13.4. The highest BCUT2D eigenvalue weighted by atomic mass is 32.2. The highest BCUT2D eigenvalue weighted by Crippen LogP contribution is 2.33. The molecule has 1 amide bonds. The summed E-state index contributed by atoms with van der Waals surface area (Å²) in [7, 11) is -2.31. The van der Waals surface area contributed by atoms with Crippen LogP contribution in [0.25, 0.3) is 10.2 Å². The molecule has 0 spiro atoms. The van der Waals surface area contributed by atoms with Crippen molar-refractivity contribution in [3.05, 3.63) is 47.5 Å². The highest BCUT2D eigenvalue weighted by Gasteiger charge is 2.27. The van der Waals surface area contributed by atoms with Gasteiger partial charge in [0.1, 0.15) is 11.5 Å². The van der Waals surface area contributed by atoms with Crippen molar-refractivity contribution in [2.24, 2.45) is 0 Å². The van der Waals surface area contributed by atoms with Gasteiger partial charge in [0.2, 0.25) is 5.91 Å². The van der Waals surface area contributed by atoms with Gasteiger partial charge in [-0.2, -0.15) is 0 Å². The Kier molecular flexibility index (Phi) is 8.05. The third kappa shape index (κ3) is 6.00. The molecule has 0 unspecified atom stereocenters. The summed E-state index contributed by atoms with van der Waals surface area (Å²) in [6, 6.07) is 10.1. The lowest BCUT2D eigenvalue weighted by Crippen LogP contribution is -2.40. The number of carbonyl (C=O) groups excluding carboxylic acids is 1. The molecule has 35 heavy (non-hydrogen) atoms. The number of sulfone groups is 1. The van der Waals surface area contributed by atoms with Gasteiger partial charge in [-0.1, -0.05) is 23.5 Å². The number of ether oxygens (including phenoxy) is 2. The lowest BCUT2D eigenvalue weighted by molar-refractivity contribution is -0.116. The van der Waals surface area contributed by atoms with Gasteiger partial charge < -0.3 is 9.47 Å². The molecule has 1 saturated heterocycles. The van der Waals surface area contributed by atoms with E-state index in [1.165, 1.54) is 30.6 Å². The van der Waals surface area contributed by atoms with E-state index in [1.54, 1.807) is 17.0 Å². The van der Waals surface area contributed by atoms with Gasteiger partial charge in [0.05, 0.1) is 35.4 Å². The fourth-order valence-electron chi connectivity index (χ4n) is 4.07. The number of nitrogens with zero attached hydrogens (tertiary/aromatic N) is 3. The van der Waals surface area contributed by atoms with Crippen molar-refractivity contribution >= 4 is 42.4 Å². The number of carbonyl (C=O) groups is 1. The summed E-state index contributed by atoms with van der Waals surface area (Å²) in [4.78, 5) is 22.1. The minimum absolute atomic E-state index is 0.0934. The molecule has 3 aromatic rings. The van der Waals surface area contributed by atoms with E-state index in [-0.39, 0.29) is 4.90 Å². The first kappa shape index (κ1) is 25.6. The Bertz CT molecular complexity index is 1240. The molecule has 2 heterocycles. The zero-order chi connectivity index (χ0) is 25.0. The van der Waals surface area contributed by atoms with Crippen LogP contribution in [0.5, 0.6) is 5.75 Å². The molecule has 188 valence electrons. The third-order valence-electron chi connectivity index (χ3n) is 6.15. The first-order chi connectivity index (χ1) is 16.8. The van der Waals surface area contributed by atoms with Gasteiger partial charge in [0, 0.05) is 26.2 Å². The Hall–Kier alpha value is -2.53. The van der Waals surface area contributed by atoms with Crippen molar-refractivity contribution in [2.45, 2.75) is 25.2 Å². The number of hydrogen-bond acceptors (Lipinski definition) is 8. The largest absolute Gasteiger partial charge is 0.497 e. The van der Waals surface area contributed by atoms with Crippen molar-refractivity contribution in [1.29, 1.82) is 0 Å². The van der Waals surface area contributed by atoms with E-state index in [2.05, 4.69) is 4.90 Å². The summed E-state index contributed by atoms with van der Waals surface area (Å²) in [6.07, 6.45) is 0.711. The molecule has 2 aromatic carbocycles. The number of anilines is 1. The van der Waals surface area contributed by atoms with Gasteiger partial charge in [-0.05, 0) is 55.7 Å². The molecule has 0 atom stereocenters. The number of benzene rings is 2. The Balaban J connectivity index is 1.58. The van der Waals surface area contributed by atoms with Gasteiger partial charge >= 0.3 is 0 Å². The van der Waals surface area contributed by atoms with Crippen molar-refractivity contribution in [3.63, 3.8) is 0 Å². The minimum atomic E-state index is -3.83. The van der Waals surface area contributed by atoms with Crippen molar-refractivity contribution < 1.29 is 22.7 Å². The summed E-state index contributed by atoms with van der Waals surface area (Å²) in [5.41, 5.74) is 2.97. The molecule has 4 rings (SSSR count). The quantitative estimate of drug-likeness (QED) is 0.430. The second-order valence-electron chi connectivity index (χ2n) is 8.66.